The maximum Gasteiger partial charge on any atom is 0.251 e. The second kappa shape index (κ2) is 7.69. The SMILES string of the molecule is Cc1ccc(CCNC(=O)c2ccc3noc(-c4ccc(C)cc4)c3c2)cc1. The summed E-state index contributed by atoms with van der Waals surface area (Å²) in [5, 5.41) is 7.96. The van der Waals surface area contributed by atoms with Gasteiger partial charge < -0.3 is 9.84 Å². The molecule has 1 N–H and O–H groups in total. The topological polar surface area (TPSA) is 55.1 Å². The fraction of sp³-hybridized carbons (Fsp3) is 0.167. The van der Waals surface area contributed by atoms with Crippen molar-refractivity contribution in [3.63, 3.8) is 0 Å². The number of hydrogen-bond acceptors (Lipinski definition) is 3. The predicted molar refractivity (Wildman–Crippen MR) is 111 cm³/mol. The van der Waals surface area contributed by atoms with Gasteiger partial charge in [-0.25, -0.2) is 0 Å². The molecule has 0 spiro atoms. The summed E-state index contributed by atoms with van der Waals surface area (Å²) >= 11 is 0. The van der Waals surface area contributed by atoms with Crippen molar-refractivity contribution in [2.75, 3.05) is 6.54 Å². The van der Waals surface area contributed by atoms with Gasteiger partial charge in [-0.15, -0.1) is 0 Å². The van der Waals surface area contributed by atoms with Crippen molar-refractivity contribution in [1.29, 1.82) is 0 Å². The number of aryl methyl sites for hydroxylation is 2. The van der Waals surface area contributed by atoms with Gasteiger partial charge in [-0.05, 0) is 44.0 Å². The molecule has 28 heavy (non-hydrogen) atoms. The van der Waals surface area contributed by atoms with Crippen LogP contribution in [0.4, 0.5) is 0 Å². The van der Waals surface area contributed by atoms with Crippen LogP contribution >= 0.6 is 0 Å². The van der Waals surface area contributed by atoms with Gasteiger partial charge in [-0.1, -0.05) is 64.8 Å². The fourth-order valence-electron chi connectivity index (χ4n) is 3.17. The van der Waals surface area contributed by atoms with Crippen LogP contribution in [0.15, 0.2) is 71.3 Å². The Balaban J connectivity index is 1.50. The monoisotopic (exact) mass is 370 g/mol. The molecule has 3 aromatic carbocycles. The highest BCUT2D eigenvalue weighted by molar-refractivity contribution is 6.00. The average molecular weight is 370 g/mol. The van der Waals surface area contributed by atoms with E-state index in [0.717, 1.165) is 22.9 Å². The lowest BCUT2D eigenvalue weighted by atomic mass is 10.0. The molecule has 0 saturated heterocycles. The molecular weight excluding hydrogens is 348 g/mol. The summed E-state index contributed by atoms with van der Waals surface area (Å²) < 4.78 is 5.54. The van der Waals surface area contributed by atoms with Crippen molar-refractivity contribution in [1.82, 2.24) is 10.5 Å². The first-order chi connectivity index (χ1) is 13.6. The summed E-state index contributed by atoms with van der Waals surface area (Å²) in [4.78, 5) is 12.6. The van der Waals surface area contributed by atoms with E-state index < -0.39 is 0 Å². The first-order valence-corrected chi connectivity index (χ1v) is 9.40. The van der Waals surface area contributed by atoms with Crippen LogP contribution in [-0.2, 0) is 6.42 Å². The van der Waals surface area contributed by atoms with Gasteiger partial charge in [-0.2, -0.15) is 0 Å². The third-order valence-corrected chi connectivity index (χ3v) is 4.87. The minimum atomic E-state index is -0.0925. The second-order valence-corrected chi connectivity index (χ2v) is 7.10. The van der Waals surface area contributed by atoms with E-state index in [1.807, 2.05) is 43.3 Å². The Morgan fingerprint density at radius 1 is 0.929 bits per heavy atom. The minimum Gasteiger partial charge on any atom is -0.355 e. The number of nitrogens with zero attached hydrogens (tertiary/aromatic N) is 1. The maximum absolute atomic E-state index is 12.6. The van der Waals surface area contributed by atoms with Crippen LogP contribution in [0.25, 0.3) is 22.2 Å². The van der Waals surface area contributed by atoms with Gasteiger partial charge in [0.2, 0.25) is 0 Å². The molecule has 0 fully saturated rings. The lowest BCUT2D eigenvalue weighted by Crippen LogP contribution is -2.25. The van der Waals surface area contributed by atoms with Gasteiger partial charge in [-0.3, -0.25) is 4.79 Å². The van der Waals surface area contributed by atoms with E-state index in [1.54, 1.807) is 6.07 Å². The first kappa shape index (κ1) is 18.0. The Kier molecular flexibility index (Phi) is 4.94. The van der Waals surface area contributed by atoms with Crippen molar-refractivity contribution in [3.05, 3.63) is 89.0 Å². The fourth-order valence-corrected chi connectivity index (χ4v) is 3.17. The van der Waals surface area contributed by atoms with Gasteiger partial charge >= 0.3 is 0 Å². The van der Waals surface area contributed by atoms with Gasteiger partial charge in [0, 0.05) is 17.7 Å². The Bertz CT molecular complexity index is 1110. The van der Waals surface area contributed by atoms with Crippen molar-refractivity contribution >= 4 is 16.8 Å². The van der Waals surface area contributed by atoms with E-state index in [9.17, 15) is 4.79 Å². The van der Waals surface area contributed by atoms with E-state index >= 15 is 0 Å². The molecule has 1 aromatic heterocycles. The maximum atomic E-state index is 12.6. The summed E-state index contributed by atoms with van der Waals surface area (Å²) in [5.74, 6) is 0.592. The van der Waals surface area contributed by atoms with Crippen LogP contribution in [0.5, 0.6) is 0 Å². The van der Waals surface area contributed by atoms with Crippen LogP contribution in [0.2, 0.25) is 0 Å². The molecule has 1 amide bonds. The number of rotatable bonds is 5. The smallest absolute Gasteiger partial charge is 0.251 e. The van der Waals surface area contributed by atoms with E-state index in [0.29, 0.717) is 17.9 Å². The molecule has 4 heteroatoms. The molecule has 4 rings (SSSR count). The summed E-state index contributed by atoms with van der Waals surface area (Å²) in [6, 6.07) is 21.9. The highest BCUT2D eigenvalue weighted by Gasteiger charge is 2.14. The molecule has 140 valence electrons. The van der Waals surface area contributed by atoms with Crippen molar-refractivity contribution in [2.45, 2.75) is 20.3 Å². The standard InChI is InChI=1S/C24H22N2O2/c1-16-3-7-18(8-4-16)13-14-25-24(27)20-11-12-22-21(15-20)23(28-26-22)19-9-5-17(2)6-10-19/h3-12,15H,13-14H2,1-2H3,(H,25,27). The number of aromatic nitrogens is 1. The Hall–Kier alpha value is -3.40. The molecule has 1 heterocycles. The van der Waals surface area contributed by atoms with Gasteiger partial charge in [0.15, 0.2) is 5.76 Å². The highest BCUT2D eigenvalue weighted by Crippen LogP contribution is 2.29. The molecule has 0 aliphatic heterocycles. The lowest BCUT2D eigenvalue weighted by Gasteiger charge is -2.06. The molecule has 0 aliphatic rings. The molecule has 0 aliphatic carbocycles. The summed E-state index contributed by atoms with van der Waals surface area (Å²) in [7, 11) is 0. The summed E-state index contributed by atoms with van der Waals surface area (Å²) in [5.41, 5.74) is 5.92. The molecule has 0 unspecified atom stereocenters. The van der Waals surface area contributed by atoms with E-state index in [1.165, 1.54) is 16.7 Å². The molecule has 0 atom stereocenters. The number of benzene rings is 3. The minimum absolute atomic E-state index is 0.0925. The Morgan fingerprint density at radius 2 is 1.61 bits per heavy atom. The summed E-state index contributed by atoms with van der Waals surface area (Å²) in [6.07, 6.45) is 0.802. The zero-order valence-electron chi connectivity index (χ0n) is 16.0. The highest BCUT2D eigenvalue weighted by atomic mass is 16.5. The van der Waals surface area contributed by atoms with Crippen LogP contribution in [0.3, 0.4) is 0 Å². The zero-order valence-corrected chi connectivity index (χ0v) is 16.0. The third kappa shape index (κ3) is 3.81. The molecule has 0 radical (unpaired) electrons. The Morgan fingerprint density at radius 3 is 2.32 bits per heavy atom. The lowest BCUT2D eigenvalue weighted by molar-refractivity contribution is 0.0954. The van der Waals surface area contributed by atoms with Crippen LogP contribution in [0.1, 0.15) is 27.0 Å². The van der Waals surface area contributed by atoms with Crippen LogP contribution < -0.4 is 5.32 Å². The van der Waals surface area contributed by atoms with Gasteiger partial charge in [0.25, 0.3) is 5.91 Å². The zero-order chi connectivity index (χ0) is 19.5. The number of amides is 1. The van der Waals surface area contributed by atoms with Crippen molar-refractivity contribution in [2.24, 2.45) is 0 Å². The van der Waals surface area contributed by atoms with E-state index in [-0.39, 0.29) is 5.91 Å². The summed E-state index contributed by atoms with van der Waals surface area (Å²) in [6.45, 7) is 4.70. The molecule has 4 aromatic rings. The predicted octanol–water partition coefficient (Wildman–Crippen LogP) is 5.08. The molecule has 0 saturated carbocycles. The van der Waals surface area contributed by atoms with Crippen molar-refractivity contribution < 1.29 is 9.32 Å². The molecule has 0 bridgehead atoms. The molecule has 4 nitrogen and oxygen atoms in total. The average Bonchev–Trinajstić information content (AvgIpc) is 3.13. The number of hydrogen-bond donors (Lipinski definition) is 1. The van der Waals surface area contributed by atoms with Gasteiger partial charge in [0.05, 0.1) is 5.39 Å². The first-order valence-electron chi connectivity index (χ1n) is 9.40. The van der Waals surface area contributed by atoms with Crippen LogP contribution in [-0.4, -0.2) is 17.6 Å². The van der Waals surface area contributed by atoms with E-state index in [4.69, 9.17) is 4.52 Å². The number of nitrogens with one attached hydrogen (secondary N) is 1. The number of carbonyl (C=O) groups is 1. The van der Waals surface area contributed by atoms with Gasteiger partial charge in [0.1, 0.15) is 5.52 Å². The largest absolute Gasteiger partial charge is 0.355 e. The van der Waals surface area contributed by atoms with Crippen LogP contribution in [0, 0.1) is 13.8 Å². The number of fused-ring (bicyclic) bond motifs is 1. The normalized spacial score (nSPS) is 10.9. The molecular formula is C24H22N2O2. The quantitative estimate of drug-likeness (QED) is 0.533. The third-order valence-electron chi connectivity index (χ3n) is 4.87. The second-order valence-electron chi connectivity index (χ2n) is 7.10. The van der Waals surface area contributed by atoms with E-state index in [2.05, 4.69) is 41.7 Å². The Labute approximate surface area is 164 Å². The van der Waals surface area contributed by atoms with Crippen molar-refractivity contribution in [3.8, 4) is 11.3 Å². The number of carbonyl (C=O) groups excluding carboxylic acids is 1.